The lowest BCUT2D eigenvalue weighted by atomic mass is 10.3. The Morgan fingerprint density at radius 1 is 1.20 bits per heavy atom. The molecular weight excluding hydrogens is 306 g/mol. The quantitative estimate of drug-likeness (QED) is 0.690. The number of hydrogen-bond acceptors (Lipinski definition) is 5. The lowest BCUT2D eigenvalue weighted by molar-refractivity contribution is -0.384. The van der Waals surface area contributed by atoms with Crippen LogP contribution < -0.4 is 4.72 Å². The summed E-state index contributed by atoms with van der Waals surface area (Å²) < 4.78 is 26.5. The predicted molar refractivity (Wildman–Crippen MR) is 73.2 cm³/mol. The van der Waals surface area contributed by atoms with Crippen molar-refractivity contribution in [2.75, 3.05) is 4.72 Å². The molecule has 1 heterocycles. The lowest BCUT2D eigenvalue weighted by Gasteiger charge is -2.08. The molecule has 0 radical (unpaired) electrons. The van der Waals surface area contributed by atoms with Gasteiger partial charge in [-0.1, -0.05) is 11.6 Å². The molecular formula is C11H8ClN3O4S. The number of benzene rings is 1. The van der Waals surface area contributed by atoms with Gasteiger partial charge in [0.25, 0.3) is 15.7 Å². The second-order valence-corrected chi connectivity index (χ2v) is 5.77. The largest absolute Gasteiger partial charge is 0.279 e. The highest BCUT2D eigenvalue weighted by Crippen LogP contribution is 2.27. The van der Waals surface area contributed by atoms with Crippen molar-refractivity contribution in [3.05, 3.63) is 57.9 Å². The predicted octanol–water partition coefficient (Wildman–Crippen LogP) is 2.44. The molecule has 0 aliphatic rings. The Morgan fingerprint density at radius 3 is 2.40 bits per heavy atom. The number of halogens is 1. The van der Waals surface area contributed by atoms with Crippen LogP contribution in [0.4, 0.5) is 11.4 Å². The smallest absolute Gasteiger partial charge is 0.271 e. The number of aromatic nitrogens is 1. The number of nitrogens with zero attached hydrogens (tertiary/aromatic N) is 2. The maximum atomic E-state index is 12.1. The molecule has 0 saturated carbocycles. The number of pyridine rings is 1. The van der Waals surface area contributed by atoms with Gasteiger partial charge in [0.15, 0.2) is 0 Å². The number of non-ortho nitro benzene ring substituents is 1. The first kappa shape index (κ1) is 14.2. The Morgan fingerprint density at radius 2 is 1.85 bits per heavy atom. The topological polar surface area (TPSA) is 102 Å². The number of hydrogen-bond donors (Lipinski definition) is 1. The number of nitro benzene ring substituents is 1. The summed E-state index contributed by atoms with van der Waals surface area (Å²) in [6.07, 6.45) is 2.85. The molecule has 0 fully saturated rings. The van der Waals surface area contributed by atoms with Gasteiger partial charge in [-0.25, -0.2) is 8.42 Å². The third kappa shape index (κ3) is 3.03. The maximum Gasteiger partial charge on any atom is 0.271 e. The van der Waals surface area contributed by atoms with Gasteiger partial charge in [0.1, 0.15) is 4.90 Å². The molecule has 0 bridgehead atoms. The molecule has 7 nitrogen and oxygen atoms in total. The first-order valence-electron chi connectivity index (χ1n) is 5.27. The van der Waals surface area contributed by atoms with Crippen LogP contribution in [0.25, 0.3) is 0 Å². The summed E-state index contributed by atoms with van der Waals surface area (Å²) in [6, 6.07) is 6.09. The second kappa shape index (κ2) is 5.43. The van der Waals surface area contributed by atoms with Crippen LogP contribution >= 0.6 is 11.6 Å². The van der Waals surface area contributed by atoms with Crippen molar-refractivity contribution < 1.29 is 13.3 Å². The molecule has 20 heavy (non-hydrogen) atoms. The van der Waals surface area contributed by atoms with Crippen LogP contribution in [0.15, 0.2) is 47.6 Å². The van der Waals surface area contributed by atoms with E-state index in [1.807, 2.05) is 0 Å². The molecule has 0 aliphatic heterocycles. The molecule has 2 aromatic rings. The zero-order valence-corrected chi connectivity index (χ0v) is 11.4. The van der Waals surface area contributed by atoms with E-state index in [9.17, 15) is 18.5 Å². The SMILES string of the molecule is O=[N+]([O-])c1ccc(S(=O)(=O)Nc2ccncc2)c(Cl)c1. The van der Waals surface area contributed by atoms with Crippen LogP contribution in [0.5, 0.6) is 0 Å². The Labute approximate surface area is 119 Å². The summed E-state index contributed by atoms with van der Waals surface area (Å²) in [6.45, 7) is 0. The number of rotatable bonds is 4. The van der Waals surface area contributed by atoms with Crippen molar-refractivity contribution in [1.29, 1.82) is 0 Å². The van der Waals surface area contributed by atoms with Crippen LogP contribution in [-0.4, -0.2) is 18.3 Å². The molecule has 0 saturated heterocycles. The molecule has 9 heteroatoms. The average molecular weight is 314 g/mol. The van der Waals surface area contributed by atoms with E-state index in [-0.39, 0.29) is 15.6 Å². The van der Waals surface area contributed by atoms with E-state index in [2.05, 4.69) is 9.71 Å². The zero-order chi connectivity index (χ0) is 14.8. The Balaban J connectivity index is 2.37. The normalized spacial score (nSPS) is 11.1. The lowest BCUT2D eigenvalue weighted by Crippen LogP contribution is -2.13. The Bertz CT molecular complexity index is 750. The molecule has 1 N–H and O–H groups in total. The minimum absolute atomic E-state index is 0.222. The fraction of sp³-hybridized carbons (Fsp3) is 0. The molecule has 0 unspecified atom stereocenters. The summed E-state index contributed by atoms with van der Waals surface area (Å²) in [5.41, 5.74) is 0.0345. The standard InChI is InChI=1S/C11H8ClN3O4S/c12-10-7-9(15(16)17)1-2-11(10)20(18,19)14-8-3-5-13-6-4-8/h1-7H,(H,13,14). The Kier molecular flexibility index (Phi) is 3.86. The van der Waals surface area contributed by atoms with E-state index in [1.165, 1.54) is 24.5 Å². The summed E-state index contributed by atoms with van der Waals surface area (Å²) >= 11 is 5.79. The van der Waals surface area contributed by atoms with Gasteiger partial charge in [-0.2, -0.15) is 0 Å². The second-order valence-electron chi connectivity index (χ2n) is 3.71. The average Bonchev–Trinajstić information content (AvgIpc) is 2.38. The van der Waals surface area contributed by atoms with Gasteiger partial charge in [-0.15, -0.1) is 0 Å². The molecule has 104 valence electrons. The van der Waals surface area contributed by atoms with Crippen LogP contribution in [0.1, 0.15) is 0 Å². The van der Waals surface area contributed by atoms with Crippen LogP contribution in [0, 0.1) is 10.1 Å². The van der Waals surface area contributed by atoms with Crippen LogP contribution in [0.2, 0.25) is 5.02 Å². The highest BCUT2D eigenvalue weighted by atomic mass is 35.5. The van der Waals surface area contributed by atoms with Crippen molar-refractivity contribution in [3.8, 4) is 0 Å². The zero-order valence-electron chi connectivity index (χ0n) is 9.86. The van der Waals surface area contributed by atoms with E-state index in [0.717, 1.165) is 18.2 Å². The van der Waals surface area contributed by atoms with Gasteiger partial charge in [-0.3, -0.25) is 19.8 Å². The molecule has 0 atom stereocenters. The van der Waals surface area contributed by atoms with E-state index < -0.39 is 14.9 Å². The maximum absolute atomic E-state index is 12.1. The van der Waals surface area contributed by atoms with Gasteiger partial charge in [0, 0.05) is 24.5 Å². The molecule has 2 rings (SSSR count). The van der Waals surface area contributed by atoms with Gasteiger partial charge in [0.05, 0.1) is 15.6 Å². The van der Waals surface area contributed by atoms with Crippen molar-refractivity contribution >= 4 is 33.0 Å². The number of nitrogens with one attached hydrogen (secondary N) is 1. The monoisotopic (exact) mass is 313 g/mol. The van der Waals surface area contributed by atoms with E-state index in [4.69, 9.17) is 11.6 Å². The van der Waals surface area contributed by atoms with Crippen LogP contribution in [0.3, 0.4) is 0 Å². The summed E-state index contributed by atoms with van der Waals surface area (Å²) in [7, 11) is -3.92. The molecule has 0 amide bonds. The fourth-order valence-electron chi connectivity index (χ4n) is 1.45. The summed E-state index contributed by atoms with van der Waals surface area (Å²) in [5.74, 6) is 0. The first-order valence-corrected chi connectivity index (χ1v) is 7.13. The van der Waals surface area contributed by atoms with Crippen molar-refractivity contribution in [2.24, 2.45) is 0 Å². The third-order valence-corrected chi connectivity index (χ3v) is 4.21. The van der Waals surface area contributed by atoms with Crippen LogP contribution in [-0.2, 0) is 10.0 Å². The van der Waals surface area contributed by atoms with E-state index in [1.54, 1.807) is 0 Å². The third-order valence-electron chi connectivity index (χ3n) is 2.35. The van der Waals surface area contributed by atoms with Crippen molar-refractivity contribution in [3.63, 3.8) is 0 Å². The minimum atomic E-state index is -3.92. The molecule has 0 aliphatic carbocycles. The molecule has 1 aromatic carbocycles. The minimum Gasteiger partial charge on any atom is -0.279 e. The number of nitro groups is 1. The van der Waals surface area contributed by atoms with Gasteiger partial charge < -0.3 is 0 Å². The molecule has 1 aromatic heterocycles. The first-order chi connectivity index (χ1) is 9.40. The highest BCUT2D eigenvalue weighted by molar-refractivity contribution is 7.92. The van der Waals surface area contributed by atoms with Gasteiger partial charge >= 0.3 is 0 Å². The van der Waals surface area contributed by atoms with E-state index >= 15 is 0 Å². The van der Waals surface area contributed by atoms with Crippen molar-refractivity contribution in [1.82, 2.24) is 4.98 Å². The van der Waals surface area contributed by atoms with Gasteiger partial charge in [0.2, 0.25) is 0 Å². The van der Waals surface area contributed by atoms with Crippen molar-refractivity contribution in [2.45, 2.75) is 4.90 Å². The fourth-order valence-corrected chi connectivity index (χ4v) is 3.05. The molecule has 0 spiro atoms. The van der Waals surface area contributed by atoms with Gasteiger partial charge in [-0.05, 0) is 18.2 Å². The summed E-state index contributed by atoms with van der Waals surface area (Å²) in [4.78, 5) is 13.5. The highest BCUT2D eigenvalue weighted by Gasteiger charge is 2.20. The number of anilines is 1. The Hall–Kier alpha value is -2.19. The van der Waals surface area contributed by atoms with E-state index in [0.29, 0.717) is 5.69 Å². The number of sulfonamides is 1. The summed E-state index contributed by atoms with van der Waals surface area (Å²) in [5, 5.41) is 10.4.